The van der Waals surface area contributed by atoms with E-state index < -0.39 is 0 Å². The van der Waals surface area contributed by atoms with Crippen LogP contribution in [0, 0.1) is 5.92 Å². The van der Waals surface area contributed by atoms with E-state index in [-0.39, 0.29) is 24.5 Å². The number of carbonyl (C=O) groups is 1. The fourth-order valence-corrected chi connectivity index (χ4v) is 1.73. The number of ether oxygens (including phenoxy) is 1. The Morgan fingerprint density at radius 2 is 2.15 bits per heavy atom. The van der Waals surface area contributed by atoms with Crippen LogP contribution < -0.4 is 15.4 Å². The van der Waals surface area contributed by atoms with Crippen LogP contribution in [0.1, 0.15) is 20.3 Å². The first-order valence-corrected chi connectivity index (χ1v) is 6.83. The van der Waals surface area contributed by atoms with Gasteiger partial charge in [-0.1, -0.05) is 13.0 Å². The first-order valence-electron chi connectivity index (χ1n) is 6.83. The zero-order valence-corrected chi connectivity index (χ0v) is 12.3. The van der Waals surface area contributed by atoms with E-state index in [2.05, 4.69) is 10.6 Å². The molecular formula is C15H24N2O3. The van der Waals surface area contributed by atoms with E-state index in [1.807, 2.05) is 32.0 Å². The van der Waals surface area contributed by atoms with E-state index in [1.165, 1.54) is 0 Å². The SMILES string of the molecule is COc1cccc(NC(=O)CC(C)NCC(C)CO)c1. The summed E-state index contributed by atoms with van der Waals surface area (Å²) in [6, 6.07) is 7.33. The van der Waals surface area contributed by atoms with Crippen molar-refractivity contribution in [1.82, 2.24) is 5.32 Å². The summed E-state index contributed by atoms with van der Waals surface area (Å²) in [4.78, 5) is 11.9. The Kier molecular flexibility index (Phi) is 7.04. The fourth-order valence-electron chi connectivity index (χ4n) is 1.73. The van der Waals surface area contributed by atoms with Crippen molar-refractivity contribution >= 4 is 11.6 Å². The molecule has 0 heterocycles. The molecule has 1 rings (SSSR count). The molecule has 5 heteroatoms. The van der Waals surface area contributed by atoms with Crippen molar-refractivity contribution in [2.45, 2.75) is 26.3 Å². The number of rotatable bonds is 8. The molecule has 0 bridgehead atoms. The highest BCUT2D eigenvalue weighted by Gasteiger charge is 2.10. The molecule has 3 N–H and O–H groups in total. The van der Waals surface area contributed by atoms with Gasteiger partial charge in [0.15, 0.2) is 0 Å². The molecule has 0 radical (unpaired) electrons. The Balaban J connectivity index is 2.38. The van der Waals surface area contributed by atoms with Gasteiger partial charge in [-0.25, -0.2) is 0 Å². The number of aliphatic hydroxyl groups is 1. The Bertz CT molecular complexity index is 423. The zero-order chi connectivity index (χ0) is 15.0. The third-order valence-corrected chi connectivity index (χ3v) is 2.97. The van der Waals surface area contributed by atoms with Gasteiger partial charge in [-0.05, 0) is 25.0 Å². The molecule has 1 aromatic carbocycles. The molecule has 2 unspecified atom stereocenters. The number of benzene rings is 1. The lowest BCUT2D eigenvalue weighted by molar-refractivity contribution is -0.116. The molecule has 5 nitrogen and oxygen atoms in total. The maximum Gasteiger partial charge on any atom is 0.225 e. The van der Waals surface area contributed by atoms with Crippen LogP contribution in [0.3, 0.4) is 0 Å². The predicted molar refractivity (Wildman–Crippen MR) is 80.0 cm³/mol. The van der Waals surface area contributed by atoms with Crippen LogP contribution in [0.25, 0.3) is 0 Å². The molecule has 0 aromatic heterocycles. The summed E-state index contributed by atoms with van der Waals surface area (Å²) < 4.78 is 5.11. The van der Waals surface area contributed by atoms with Crippen molar-refractivity contribution in [2.24, 2.45) is 5.92 Å². The first-order chi connectivity index (χ1) is 9.55. The van der Waals surface area contributed by atoms with Crippen LogP contribution in [0.15, 0.2) is 24.3 Å². The van der Waals surface area contributed by atoms with Gasteiger partial charge in [0.2, 0.25) is 5.91 Å². The van der Waals surface area contributed by atoms with Crippen molar-refractivity contribution in [1.29, 1.82) is 0 Å². The van der Waals surface area contributed by atoms with Crippen molar-refractivity contribution in [2.75, 3.05) is 25.6 Å². The third-order valence-electron chi connectivity index (χ3n) is 2.97. The monoisotopic (exact) mass is 280 g/mol. The van der Waals surface area contributed by atoms with E-state index in [1.54, 1.807) is 13.2 Å². The number of carbonyl (C=O) groups excluding carboxylic acids is 1. The number of hydrogen-bond donors (Lipinski definition) is 3. The van der Waals surface area contributed by atoms with E-state index in [0.717, 1.165) is 5.69 Å². The minimum Gasteiger partial charge on any atom is -0.497 e. The summed E-state index contributed by atoms with van der Waals surface area (Å²) in [7, 11) is 1.59. The lowest BCUT2D eigenvalue weighted by Gasteiger charge is -2.16. The summed E-state index contributed by atoms with van der Waals surface area (Å²) in [6.45, 7) is 4.76. The number of methoxy groups -OCH3 is 1. The van der Waals surface area contributed by atoms with E-state index >= 15 is 0 Å². The maximum atomic E-state index is 11.9. The molecule has 1 amide bonds. The Morgan fingerprint density at radius 1 is 1.40 bits per heavy atom. The molecule has 1 aromatic rings. The summed E-state index contributed by atoms with van der Waals surface area (Å²) in [5.41, 5.74) is 0.727. The quantitative estimate of drug-likeness (QED) is 0.677. The van der Waals surface area contributed by atoms with Gasteiger partial charge in [0.05, 0.1) is 7.11 Å². The second-order valence-corrected chi connectivity index (χ2v) is 5.08. The third kappa shape index (κ3) is 6.04. The van der Waals surface area contributed by atoms with Crippen molar-refractivity contribution in [3.63, 3.8) is 0 Å². The van der Waals surface area contributed by atoms with Crippen LogP contribution in [0.4, 0.5) is 5.69 Å². The van der Waals surface area contributed by atoms with Crippen molar-refractivity contribution < 1.29 is 14.6 Å². The average Bonchev–Trinajstić information content (AvgIpc) is 2.44. The molecule has 0 saturated carbocycles. The van der Waals surface area contributed by atoms with Gasteiger partial charge in [-0.2, -0.15) is 0 Å². The summed E-state index contributed by atoms with van der Waals surface area (Å²) in [5.74, 6) is 0.861. The van der Waals surface area contributed by atoms with Gasteiger partial charge in [0, 0.05) is 37.4 Å². The number of aliphatic hydroxyl groups excluding tert-OH is 1. The van der Waals surface area contributed by atoms with Gasteiger partial charge >= 0.3 is 0 Å². The molecular weight excluding hydrogens is 256 g/mol. The Labute approximate surface area is 120 Å². The largest absolute Gasteiger partial charge is 0.497 e. The van der Waals surface area contributed by atoms with Crippen molar-refractivity contribution in [3.8, 4) is 5.75 Å². The lowest BCUT2D eigenvalue weighted by Crippen LogP contribution is -2.34. The molecule has 0 aliphatic rings. The van der Waals surface area contributed by atoms with Gasteiger partial charge in [-0.15, -0.1) is 0 Å². The summed E-state index contributed by atoms with van der Waals surface area (Å²) in [6.07, 6.45) is 0.384. The minimum atomic E-state index is -0.0464. The second kappa shape index (κ2) is 8.55. The Morgan fingerprint density at radius 3 is 2.80 bits per heavy atom. The minimum absolute atomic E-state index is 0.0464. The number of hydrogen-bond acceptors (Lipinski definition) is 4. The summed E-state index contributed by atoms with van der Waals surface area (Å²) >= 11 is 0. The van der Waals surface area contributed by atoms with Gasteiger partial charge in [-0.3, -0.25) is 4.79 Å². The van der Waals surface area contributed by atoms with Crippen LogP contribution in [0.5, 0.6) is 5.75 Å². The first kappa shape index (κ1) is 16.5. The highest BCUT2D eigenvalue weighted by Crippen LogP contribution is 2.16. The molecule has 2 atom stereocenters. The second-order valence-electron chi connectivity index (χ2n) is 5.08. The fraction of sp³-hybridized carbons (Fsp3) is 0.533. The van der Waals surface area contributed by atoms with Crippen LogP contribution >= 0.6 is 0 Å². The summed E-state index contributed by atoms with van der Waals surface area (Å²) in [5, 5.41) is 15.0. The van der Waals surface area contributed by atoms with E-state index in [4.69, 9.17) is 9.84 Å². The van der Waals surface area contributed by atoms with Crippen molar-refractivity contribution in [3.05, 3.63) is 24.3 Å². The standard InChI is InChI=1S/C15H24N2O3/c1-11(10-18)9-16-12(2)7-15(19)17-13-5-4-6-14(8-13)20-3/h4-6,8,11-12,16,18H,7,9-10H2,1-3H3,(H,17,19). The molecule has 0 saturated heterocycles. The molecule has 20 heavy (non-hydrogen) atoms. The van der Waals surface area contributed by atoms with Gasteiger partial charge < -0.3 is 20.5 Å². The Hall–Kier alpha value is -1.59. The molecule has 112 valence electrons. The normalized spacial score (nSPS) is 13.6. The maximum absolute atomic E-state index is 11.9. The zero-order valence-electron chi connectivity index (χ0n) is 12.3. The van der Waals surface area contributed by atoms with Crippen LogP contribution in [0.2, 0.25) is 0 Å². The highest BCUT2D eigenvalue weighted by molar-refractivity contribution is 5.91. The predicted octanol–water partition coefficient (Wildman–Crippen LogP) is 1.63. The van der Waals surface area contributed by atoms with Crippen LogP contribution in [-0.4, -0.2) is 37.3 Å². The highest BCUT2D eigenvalue weighted by atomic mass is 16.5. The van der Waals surface area contributed by atoms with E-state index in [9.17, 15) is 4.79 Å². The number of nitrogens with one attached hydrogen (secondary N) is 2. The van der Waals surface area contributed by atoms with Gasteiger partial charge in [0.25, 0.3) is 0 Å². The van der Waals surface area contributed by atoms with Crippen LogP contribution in [-0.2, 0) is 4.79 Å². The number of anilines is 1. The number of amides is 1. The van der Waals surface area contributed by atoms with E-state index in [0.29, 0.717) is 18.7 Å². The molecule has 0 spiro atoms. The molecule has 0 aliphatic heterocycles. The molecule has 0 aliphatic carbocycles. The lowest BCUT2D eigenvalue weighted by atomic mass is 10.1. The van der Waals surface area contributed by atoms with Gasteiger partial charge in [0.1, 0.15) is 5.75 Å². The average molecular weight is 280 g/mol. The molecule has 0 fully saturated rings. The topological polar surface area (TPSA) is 70.6 Å². The smallest absolute Gasteiger partial charge is 0.225 e.